The van der Waals surface area contributed by atoms with Crippen LogP contribution in [0.2, 0.25) is 0 Å². The molecule has 0 bridgehead atoms. The molecule has 6 heteroatoms. The van der Waals surface area contributed by atoms with Crippen LogP contribution in [0.15, 0.2) is 36.4 Å². The van der Waals surface area contributed by atoms with Gasteiger partial charge >= 0.3 is 0 Å². The summed E-state index contributed by atoms with van der Waals surface area (Å²) in [4.78, 5) is 12.1. The first-order valence-electron chi connectivity index (χ1n) is 5.90. The Bertz CT molecular complexity index is 574. The second kappa shape index (κ2) is 8.56. The largest absolute Gasteiger partial charge is 0.493 e. The summed E-state index contributed by atoms with van der Waals surface area (Å²) >= 11 is 2.48. The minimum absolute atomic E-state index is 0. The fourth-order valence-corrected chi connectivity index (χ4v) is 2.13. The summed E-state index contributed by atoms with van der Waals surface area (Å²) in [5, 5.41) is 5.27. The molecule has 2 aromatic carbocycles. The summed E-state index contributed by atoms with van der Waals surface area (Å²) in [6.45, 7) is 2.45. The summed E-state index contributed by atoms with van der Waals surface area (Å²) < 4.78 is 5.54. The van der Waals surface area contributed by atoms with Crippen molar-refractivity contribution >= 4 is 33.0 Å². The highest BCUT2D eigenvalue weighted by Crippen LogP contribution is 2.28. The Labute approximate surface area is 126 Å². The molecule has 0 aliphatic heterocycles. The number of rotatable bonds is 4. The van der Waals surface area contributed by atoms with Gasteiger partial charge in [-0.05, 0) is 23.8 Å². The lowest BCUT2D eigenvalue weighted by molar-refractivity contribution is 0.0958. The van der Waals surface area contributed by atoms with Gasteiger partial charge in [0.15, 0.2) is 16.3 Å². The van der Waals surface area contributed by atoms with Crippen molar-refractivity contribution in [1.82, 2.24) is 5.32 Å². The standard InChI is InChI=1S/C14H14NO2.Al.2H2O/c1-3-17-12-9-8-10-6-4-5-7-11(10)13(12)14(16)15-2;;;/h4-9H,2-3H2,1H3,(H,15,16);;2*1H2. The molecular weight excluding hydrogens is 273 g/mol. The van der Waals surface area contributed by atoms with Gasteiger partial charge in [0, 0.05) is 0 Å². The average Bonchev–Trinajstić information content (AvgIpc) is 2.39. The number of fused-ring (bicyclic) bond motifs is 1. The molecule has 0 aliphatic rings. The third-order valence-electron chi connectivity index (χ3n) is 2.68. The normalized spacial score (nSPS) is 9.25. The number of carbonyl (C=O) groups is 1. The fourth-order valence-electron chi connectivity index (χ4n) is 1.94. The van der Waals surface area contributed by atoms with Crippen molar-refractivity contribution in [3.63, 3.8) is 0 Å². The van der Waals surface area contributed by atoms with E-state index in [1.165, 1.54) is 0 Å². The minimum Gasteiger partial charge on any atom is -0.493 e. The molecule has 2 rings (SSSR count). The zero-order valence-corrected chi connectivity index (χ0v) is 12.4. The molecule has 5 N–H and O–H groups in total. The van der Waals surface area contributed by atoms with Crippen molar-refractivity contribution < 1.29 is 20.5 Å². The van der Waals surface area contributed by atoms with E-state index < -0.39 is 0 Å². The number of amides is 1. The van der Waals surface area contributed by atoms with Gasteiger partial charge in [-0.3, -0.25) is 4.79 Å². The van der Waals surface area contributed by atoms with E-state index in [-0.39, 0.29) is 16.9 Å². The Morgan fingerprint density at radius 3 is 2.55 bits per heavy atom. The highest BCUT2D eigenvalue weighted by Gasteiger charge is 2.15. The van der Waals surface area contributed by atoms with Crippen molar-refractivity contribution in [2.45, 2.75) is 6.92 Å². The highest BCUT2D eigenvalue weighted by atomic mass is 27.0. The monoisotopic (exact) mass is 291 g/mol. The molecule has 0 heterocycles. The summed E-state index contributed by atoms with van der Waals surface area (Å²) in [6, 6.07) is 11.6. The number of hydrogen-bond acceptors (Lipinski definition) is 2. The number of ether oxygens (including phenoxy) is 1. The number of benzene rings is 2. The van der Waals surface area contributed by atoms with Gasteiger partial charge in [-0.15, -0.1) is 0 Å². The van der Waals surface area contributed by atoms with E-state index in [9.17, 15) is 4.79 Å². The lowest BCUT2D eigenvalue weighted by atomic mass is 10.0. The molecule has 0 aliphatic carbocycles. The molecule has 0 fully saturated rings. The lowest BCUT2D eigenvalue weighted by Crippen LogP contribution is -2.25. The Kier molecular flexibility index (Phi) is 7.89. The van der Waals surface area contributed by atoms with Gasteiger partial charge < -0.3 is 21.0 Å². The van der Waals surface area contributed by atoms with Crippen LogP contribution in [0, 0.1) is 0 Å². The van der Waals surface area contributed by atoms with Gasteiger partial charge in [0.2, 0.25) is 0 Å². The maximum Gasteiger partial charge on any atom is 0.254 e. The van der Waals surface area contributed by atoms with Crippen LogP contribution < -0.4 is 10.1 Å². The first-order chi connectivity index (χ1) is 8.77. The topological polar surface area (TPSA) is 101 Å². The van der Waals surface area contributed by atoms with Crippen LogP contribution in [0.25, 0.3) is 10.8 Å². The Hall–Kier alpha value is -1.58. The fraction of sp³-hybridized carbons (Fsp3) is 0.214. The maximum absolute atomic E-state index is 12.1. The molecule has 0 atom stereocenters. The van der Waals surface area contributed by atoms with Gasteiger partial charge in [0.05, 0.1) is 12.2 Å². The average molecular weight is 291 g/mol. The smallest absolute Gasteiger partial charge is 0.254 e. The summed E-state index contributed by atoms with van der Waals surface area (Å²) in [5.74, 6) is 0.525. The summed E-state index contributed by atoms with van der Waals surface area (Å²) in [6.07, 6.45) is 0. The third-order valence-corrected chi connectivity index (χ3v) is 2.88. The van der Waals surface area contributed by atoms with E-state index in [4.69, 9.17) is 4.74 Å². The molecule has 0 saturated carbocycles. The summed E-state index contributed by atoms with van der Waals surface area (Å²) in [5.41, 5.74) is 0.609. The molecule has 0 aromatic heterocycles. The molecule has 0 spiro atoms. The Morgan fingerprint density at radius 2 is 1.90 bits per heavy atom. The molecule has 2 radical (unpaired) electrons. The molecule has 0 saturated heterocycles. The van der Waals surface area contributed by atoms with Gasteiger partial charge in [-0.1, -0.05) is 35.7 Å². The first-order valence-corrected chi connectivity index (χ1v) is 6.72. The second-order valence-corrected chi connectivity index (χ2v) is 4.21. The maximum atomic E-state index is 12.1. The van der Waals surface area contributed by atoms with Crippen LogP contribution in [-0.4, -0.2) is 45.2 Å². The van der Waals surface area contributed by atoms with Gasteiger partial charge in [-0.2, -0.15) is 0 Å². The van der Waals surface area contributed by atoms with E-state index in [0.717, 1.165) is 10.8 Å². The van der Waals surface area contributed by atoms with Crippen LogP contribution in [0.5, 0.6) is 5.75 Å². The van der Waals surface area contributed by atoms with E-state index in [2.05, 4.69) is 21.6 Å². The van der Waals surface area contributed by atoms with Crippen molar-refractivity contribution in [3.8, 4) is 5.75 Å². The van der Waals surface area contributed by atoms with Crippen molar-refractivity contribution in [2.75, 3.05) is 12.0 Å². The van der Waals surface area contributed by atoms with Gasteiger partial charge in [0.1, 0.15) is 5.75 Å². The summed E-state index contributed by atoms with van der Waals surface area (Å²) in [7, 11) is 0. The predicted molar refractivity (Wildman–Crippen MR) is 80.4 cm³/mol. The van der Waals surface area contributed by atoms with E-state index in [1.54, 1.807) is 0 Å². The van der Waals surface area contributed by atoms with Crippen molar-refractivity contribution in [2.24, 2.45) is 0 Å². The van der Waals surface area contributed by atoms with Crippen LogP contribution >= 0.6 is 0 Å². The minimum atomic E-state index is -0.106. The van der Waals surface area contributed by atoms with Crippen LogP contribution in [0.3, 0.4) is 0 Å². The lowest BCUT2D eigenvalue weighted by Gasteiger charge is -2.13. The molecule has 0 unspecified atom stereocenters. The first kappa shape index (κ1) is 18.4. The SMILES string of the molecule is CCOc1ccc2ccccc2c1C(=O)N[CH2][Al].O.O. The predicted octanol–water partition coefficient (Wildman–Crippen LogP) is 0.445. The van der Waals surface area contributed by atoms with E-state index in [1.807, 2.05) is 43.3 Å². The molecule has 20 heavy (non-hydrogen) atoms. The van der Waals surface area contributed by atoms with Gasteiger partial charge in [0.25, 0.3) is 5.91 Å². The molecule has 2 aromatic rings. The van der Waals surface area contributed by atoms with Crippen LogP contribution in [0.1, 0.15) is 17.3 Å². The van der Waals surface area contributed by atoms with Crippen molar-refractivity contribution in [3.05, 3.63) is 42.0 Å². The highest BCUT2D eigenvalue weighted by molar-refractivity contribution is 6.14. The van der Waals surface area contributed by atoms with Crippen LogP contribution in [0.4, 0.5) is 0 Å². The van der Waals surface area contributed by atoms with Crippen molar-refractivity contribution in [1.29, 1.82) is 0 Å². The molecule has 106 valence electrons. The molecule has 5 nitrogen and oxygen atoms in total. The quantitative estimate of drug-likeness (QED) is 0.826. The Balaban J connectivity index is 0.00000180. The Morgan fingerprint density at radius 1 is 1.20 bits per heavy atom. The van der Waals surface area contributed by atoms with Gasteiger partial charge in [-0.25, -0.2) is 0 Å². The molecular formula is C14H18AlNO4. The number of carbonyl (C=O) groups excluding carboxylic acids is 1. The second-order valence-electron chi connectivity index (χ2n) is 3.80. The molecule has 1 amide bonds. The van der Waals surface area contributed by atoms with E-state index in [0.29, 0.717) is 23.3 Å². The van der Waals surface area contributed by atoms with Crippen LogP contribution in [-0.2, 0) is 0 Å². The zero-order valence-electron chi connectivity index (χ0n) is 11.3. The number of nitrogens with one attached hydrogen (secondary N) is 1. The third kappa shape index (κ3) is 3.72. The zero-order chi connectivity index (χ0) is 13.0. The van der Waals surface area contributed by atoms with E-state index >= 15 is 0 Å². The number of hydrogen-bond donors (Lipinski definition) is 1.